The van der Waals surface area contributed by atoms with Crippen LogP contribution >= 0.6 is 0 Å². The van der Waals surface area contributed by atoms with E-state index in [0.29, 0.717) is 19.3 Å². The summed E-state index contributed by atoms with van der Waals surface area (Å²) in [6, 6.07) is 0. The van der Waals surface area contributed by atoms with Gasteiger partial charge in [0.2, 0.25) is 0 Å². The Morgan fingerprint density at radius 3 is 0.775 bits per heavy atom. The van der Waals surface area contributed by atoms with Crippen molar-refractivity contribution in [3.05, 3.63) is 60.8 Å². The van der Waals surface area contributed by atoms with Crippen LogP contribution in [0.4, 0.5) is 0 Å². The van der Waals surface area contributed by atoms with E-state index >= 15 is 0 Å². The summed E-state index contributed by atoms with van der Waals surface area (Å²) in [5.41, 5.74) is 0. The molecule has 0 saturated heterocycles. The minimum Gasteiger partial charge on any atom is -0.462 e. The van der Waals surface area contributed by atoms with E-state index in [-0.39, 0.29) is 31.1 Å². The molecular weight excluding hydrogens is 985 g/mol. The molecule has 0 aliphatic heterocycles. The van der Waals surface area contributed by atoms with Crippen LogP contribution in [0.5, 0.6) is 0 Å². The van der Waals surface area contributed by atoms with Crippen LogP contribution in [0.1, 0.15) is 374 Å². The van der Waals surface area contributed by atoms with Crippen molar-refractivity contribution < 1.29 is 28.6 Å². The number of hydrogen-bond donors (Lipinski definition) is 0. The highest BCUT2D eigenvalue weighted by molar-refractivity contribution is 5.71. The third-order valence-corrected chi connectivity index (χ3v) is 15.8. The number of unbranched alkanes of at least 4 members (excludes halogenated alkanes) is 44. The van der Waals surface area contributed by atoms with Gasteiger partial charge in [0.05, 0.1) is 0 Å². The molecule has 0 aliphatic rings. The van der Waals surface area contributed by atoms with Gasteiger partial charge in [-0.1, -0.05) is 332 Å². The van der Waals surface area contributed by atoms with Crippen molar-refractivity contribution >= 4 is 17.9 Å². The maximum atomic E-state index is 13.0. The first-order valence-electron chi connectivity index (χ1n) is 35.3. The summed E-state index contributed by atoms with van der Waals surface area (Å²) in [6.45, 7) is 6.59. The van der Waals surface area contributed by atoms with E-state index < -0.39 is 6.10 Å². The molecule has 0 bridgehead atoms. The first-order chi connectivity index (χ1) is 39.5. The van der Waals surface area contributed by atoms with E-state index in [0.717, 1.165) is 83.5 Å². The SMILES string of the molecule is CC/C=C\C/C=C\C/C=C\C/C=C\CCCCCCCCCCCCCCC(=O)OCC(COC(=O)CCCCCCCCC/C=C\CCCCCCCC)OC(=O)CCCCCCCCCCCCCCCCCCCCCC. The van der Waals surface area contributed by atoms with Crippen LogP contribution in [0.3, 0.4) is 0 Å². The molecule has 0 aliphatic carbocycles. The Labute approximate surface area is 498 Å². The predicted molar refractivity (Wildman–Crippen MR) is 348 cm³/mol. The average molecular weight is 1120 g/mol. The van der Waals surface area contributed by atoms with Crippen LogP contribution in [0.2, 0.25) is 0 Å². The van der Waals surface area contributed by atoms with Crippen molar-refractivity contribution in [3.63, 3.8) is 0 Å². The van der Waals surface area contributed by atoms with Gasteiger partial charge in [-0.25, -0.2) is 0 Å². The average Bonchev–Trinajstić information content (AvgIpc) is 3.46. The number of allylic oxidation sites excluding steroid dienone is 10. The summed E-state index contributed by atoms with van der Waals surface area (Å²) in [6.07, 6.45) is 88.1. The molecule has 6 nitrogen and oxygen atoms in total. The van der Waals surface area contributed by atoms with E-state index in [2.05, 4.69) is 81.5 Å². The van der Waals surface area contributed by atoms with Gasteiger partial charge in [0.25, 0.3) is 0 Å². The lowest BCUT2D eigenvalue weighted by Crippen LogP contribution is -2.30. The molecule has 0 aromatic carbocycles. The molecule has 0 heterocycles. The molecule has 0 fully saturated rings. The fraction of sp³-hybridized carbons (Fsp3) is 0.824. The van der Waals surface area contributed by atoms with Crippen LogP contribution in [0.15, 0.2) is 60.8 Å². The summed E-state index contributed by atoms with van der Waals surface area (Å²) in [4.78, 5) is 38.5. The van der Waals surface area contributed by atoms with Gasteiger partial charge < -0.3 is 14.2 Å². The minimum absolute atomic E-state index is 0.0721. The Bertz CT molecular complexity index is 1430. The number of carbonyl (C=O) groups excluding carboxylic acids is 3. The van der Waals surface area contributed by atoms with Gasteiger partial charge in [-0.3, -0.25) is 14.4 Å². The van der Waals surface area contributed by atoms with Gasteiger partial charge in [0.1, 0.15) is 13.2 Å². The molecule has 0 N–H and O–H groups in total. The second kappa shape index (κ2) is 68.6. The van der Waals surface area contributed by atoms with Gasteiger partial charge >= 0.3 is 17.9 Å². The summed E-state index contributed by atoms with van der Waals surface area (Å²) in [5.74, 6) is -0.851. The standard InChI is InChI=1S/C74H134O6/c1-4-7-10-13-16-19-22-25-28-31-33-35-36-37-38-39-41-43-46-49-52-55-58-61-64-67-73(76)79-70-71(69-78-72(75)66-63-60-57-54-51-48-45-42-30-27-24-21-18-15-12-9-6-3)80-74(77)68-65-62-59-56-53-50-47-44-40-34-32-29-26-23-20-17-14-11-8-5-2/h7,10,16,19,25,27-28,30,33,35,71H,4-6,8-9,11-15,17-18,20-24,26,29,31-32,34,36-70H2,1-3H3/b10-7-,19-16-,28-25-,30-27-,35-33-. The first kappa shape index (κ1) is 77.1. The molecule has 0 aromatic heterocycles. The van der Waals surface area contributed by atoms with E-state index in [9.17, 15) is 14.4 Å². The maximum absolute atomic E-state index is 13.0. The van der Waals surface area contributed by atoms with Crippen LogP contribution in [-0.2, 0) is 28.6 Å². The molecule has 80 heavy (non-hydrogen) atoms. The molecule has 1 unspecified atom stereocenters. The fourth-order valence-electron chi connectivity index (χ4n) is 10.5. The van der Waals surface area contributed by atoms with Crippen LogP contribution in [-0.4, -0.2) is 37.2 Å². The van der Waals surface area contributed by atoms with Crippen LogP contribution < -0.4 is 0 Å². The highest BCUT2D eigenvalue weighted by Crippen LogP contribution is 2.18. The Morgan fingerprint density at radius 1 is 0.263 bits per heavy atom. The topological polar surface area (TPSA) is 78.9 Å². The third-order valence-electron chi connectivity index (χ3n) is 15.8. The van der Waals surface area contributed by atoms with Crippen molar-refractivity contribution in [1.82, 2.24) is 0 Å². The first-order valence-corrected chi connectivity index (χ1v) is 35.3. The van der Waals surface area contributed by atoms with E-state index in [4.69, 9.17) is 14.2 Å². The van der Waals surface area contributed by atoms with Crippen LogP contribution in [0, 0.1) is 0 Å². The van der Waals surface area contributed by atoms with Crippen molar-refractivity contribution in [2.75, 3.05) is 13.2 Å². The Balaban J connectivity index is 4.31. The Morgan fingerprint density at radius 2 is 0.487 bits per heavy atom. The lowest BCUT2D eigenvalue weighted by Gasteiger charge is -2.18. The van der Waals surface area contributed by atoms with Gasteiger partial charge in [0.15, 0.2) is 6.10 Å². The lowest BCUT2D eigenvalue weighted by molar-refractivity contribution is -0.167. The van der Waals surface area contributed by atoms with Crippen molar-refractivity contribution in [2.45, 2.75) is 380 Å². The van der Waals surface area contributed by atoms with Crippen molar-refractivity contribution in [2.24, 2.45) is 0 Å². The largest absolute Gasteiger partial charge is 0.462 e. The normalized spacial score (nSPS) is 12.4. The van der Waals surface area contributed by atoms with Crippen molar-refractivity contribution in [3.8, 4) is 0 Å². The molecule has 0 radical (unpaired) electrons. The summed E-state index contributed by atoms with van der Waals surface area (Å²) in [7, 11) is 0. The number of carbonyl (C=O) groups is 3. The second-order valence-electron chi connectivity index (χ2n) is 23.8. The lowest BCUT2D eigenvalue weighted by atomic mass is 10.0. The molecule has 0 amide bonds. The smallest absolute Gasteiger partial charge is 0.306 e. The molecule has 0 saturated carbocycles. The van der Waals surface area contributed by atoms with Gasteiger partial charge in [-0.2, -0.15) is 0 Å². The molecule has 466 valence electrons. The number of rotatable bonds is 65. The monoisotopic (exact) mass is 1120 g/mol. The van der Waals surface area contributed by atoms with E-state index in [1.807, 2.05) is 0 Å². The minimum atomic E-state index is -0.776. The summed E-state index contributed by atoms with van der Waals surface area (Å²) in [5, 5.41) is 0. The highest BCUT2D eigenvalue weighted by atomic mass is 16.6. The van der Waals surface area contributed by atoms with E-state index in [1.165, 1.54) is 250 Å². The van der Waals surface area contributed by atoms with Crippen LogP contribution in [0.25, 0.3) is 0 Å². The molecule has 6 heteroatoms. The van der Waals surface area contributed by atoms with Crippen molar-refractivity contribution in [1.29, 1.82) is 0 Å². The molecular formula is C74H134O6. The molecule has 0 rings (SSSR count). The highest BCUT2D eigenvalue weighted by Gasteiger charge is 2.19. The van der Waals surface area contributed by atoms with E-state index in [1.54, 1.807) is 0 Å². The van der Waals surface area contributed by atoms with Gasteiger partial charge in [0, 0.05) is 19.3 Å². The zero-order valence-corrected chi connectivity index (χ0v) is 53.6. The second-order valence-corrected chi connectivity index (χ2v) is 23.8. The predicted octanol–water partition coefficient (Wildman–Crippen LogP) is 24.3. The number of hydrogen-bond acceptors (Lipinski definition) is 6. The quantitative estimate of drug-likeness (QED) is 0.0261. The summed E-state index contributed by atoms with van der Waals surface area (Å²) < 4.78 is 17.0. The summed E-state index contributed by atoms with van der Waals surface area (Å²) >= 11 is 0. The zero-order chi connectivity index (χ0) is 57.8. The third kappa shape index (κ3) is 65.9. The number of ether oxygens (including phenoxy) is 3. The van der Waals surface area contributed by atoms with Gasteiger partial charge in [-0.15, -0.1) is 0 Å². The fourth-order valence-corrected chi connectivity index (χ4v) is 10.5. The Hall–Kier alpha value is -2.89. The zero-order valence-electron chi connectivity index (χ0n) is 53.6. The molecule has 0 spiro atoms. The number of esters is 3. The van der Waals surface area contributed by atoms with Gasteiger partial charge in [-0.05, 0) is 83.5 Å². The maximum Gasteiger partial charge on any atom is 0.306 e. The molecule has 0 aromatic rings. The molecule has 1 atom stereocenters. The Kier molecular flexibility index (Phi) is 66.1.